The molecule has 1 aliphatic heterocycles. The van der Waals surface area contributed by atoms with Gasteiger partial charge in [-0.3, -0.25) is 34.2 Å². The van der Waals surface area contributed by atoms with Crippen LogP contribution in [0, 0.1) is 22.0 Å². The molecule has 0 unspecified atom stereocenters. The number of benzene rings is 1. The Labute approximate surface area is 160 Å². The molecule has 10 heteroatoms. The van der Waals surface area contributed by atoms with E-state index in [2.05, 4.69) is 5.32 Å². The van der Waals surface area contributed by atoms with Crippen molar-refractivity contribution in [3.8, 4) is 0 Å². The van der Waals surface area contributed by atoms with Crippen LogP contribution in [0.15, 0.2) is 24.3 Å². The molecule has 2 fully saturated rings. The number of rotatable bonds is 6. The number of nitro groups is 1. The first kappa shape index (κ1) is 19.5. The van der Waals surface area contributed by atoms with E-state index >= 15 is 0 Å². The second-order valence-corrected chi connectivity index (χ2v) is 6.78. The van der Waals surface area contributed by atoms with Crippen molar-refractivity contribution >= 4 is 35.1 Å². The number of fused-ring (bicyclic) bond motifs is 1. The van der Waals surface area contributed by atoms with Crippen molar-refractivity contribution in [1.82, 2.24) is 4.90 Å². The number of amides is 3. The Hall–Kier alpha value is -3.30. The first-order valence-corrected chi connectivity index (χ1v) is 8.92. The lowest BCUT2D eigenvalue weighted by Gasteiger charge is -2.19. The van der Waals surface area contributed by atoms with E-state index in [1.165, 1.54) is 24.3 Å². The second kappa shape index (κ2) is 8.15. The number of nitro benzene ring substituents is 1. The van der Waals surface area contributed by atoms with Gasteiger partial charge in [-0.15, -0.1) is 0 Å². The van der Waals surface area contributed by atoms with Crippen LogP contribution in [0.2, 0.25) is 0 Å². The minimum atomic E-state index is -0.866. The molecule has 10 nitrogen and oxygen atoms in total. The van der Waals surface area contributed by atoms with Crippen LogP contribution < -0.4 is 5.32 Å². The lowest BCUT2D eigenvalue weighted by Crippen LogP contribution is -2.37. The van der Waals surface area contributed by atoms with Crippen molar-refractivity contribution < 1.29 is 28.8 Å². The standard InChI is InChI=1S/C18H19N3O7/c22-15(19-11-4-3-5-12(8-11)21(26)27)10-28-16(23)9-20-17(24)13-6-1-2-7-14(13)18(20)25/h3-5,8,13-14H,1-2,6-7,9-10H2,(H,19,22)/t13-,14+. The summed E-state index contributed by atoms with van der Waals surface area (Å²) >= 11 is 0. The number of non-ortho nitro benzene ring substituents is 1. The monoisotopic (exact) mass is 389 g/mol. The van der Waals surface area contributed by atoms with Crippen LogP contribution in [-0.2, 0) is 23.9 Å². The van der Waals surface area contributed by atoms with Crippen molar-refractivity contribution in [3.63, 3.8) is 0 Å². The maximum atomic E-state index is 12.3. The van der Waals surface area contributed by atoms with Gasteiger partial charge in [0.2, 0.25) is 11.8 Å². The molecule has 2 aliphatic rings. The average molecular weight is 389 g/mol. The van der Waals surface area contributed by atoms with Crippen LogP contribution in [0.25, 0.3) is 0 Å². The van der Waals surface area contributed by atoms with Crippen LogP contribution in [0.4, 0.5) is 11.4 Å². The van der Waals surface area contributed by atoms with Crippen LogP contribution in [0.5, 0.6) is 0 Å². The van der Waals surface area contributed by atoms with E-state index in [0.29, 0.717) is 12.8 Å². The molecule has 28 heavy (non-hydrogen) atoms. The van der Waals surface area contributed by atoms with Gasteiger partial charge in [0, 0.05) is 17.8 Å². The Balaban J connectivity index is 1.49. The zero-order valence-electron chi connectivity index (χ0n) is 15.0. The van der Waals surface area contributed by atoms with Gasteiger partial charge in [-0.2, -0.15) is 0 Å². The Morgan fingerprint density at radius 2 is 1.82 bits per heavy atom. The van der Waals surface area contributed by atoms with Gasteiger partial charge in [-0.25, -0.2) is 0 Å². The first-order chi connectivity index (χ1) is 13.4. The van der Waals surface area contributed by atoms with Gasteiger partial charge in [-0.1, -0.05) is 18.9 Å². The zero-order chi connectivity index (χ0) is 20.3. The van der Waals surface area contributed by atoms with Crippen molar-refractivity contribution in [3.05, 3.63) is 34.4 Å². The Morgan fingerprint density at radius 1 is 1.18 bits per heavy atom. The average Bonchev–Trinajstić information content (AvgIpc) is 2.92. The summed E-state index contributed by atoms with van der Waals surface area (Å²) in [6.07, 6.45) is 3.06. The third-order valence-corrected chi connectivity index (χ3v) is 4.92. The van der Waals surface area contributed by atoms with E-state index in [-0.39, 0.29) is 35.0 Å². The summed E-state index contributed by atoms with van der Waals surface area (Å²) in [6, 6.07) is 5.31. The van der Waals surface area contributed by atoms with Crippen molar-refractivity contribution in [2.75, 3.05) is 18.5 Å². The molecule has 1 aliphatic carbocycles. The molecule has 0 aromatic heterocycles. The molecule has 1 saturated carbocycles. The third-order valence-electron chi connectivity index (χ3n) is 4.92. The molecule has 3 rings (SSSR count). The Kier molecular flexibility index (Phi) is 5.67. The van der Waals surface area contributed by atoms with E-state index in [1.807, 2.05) is 0 Å². The number of carbonyl (C=O) groups excluding carboxylic acids is 4. The fraction of sp³-hybridized carbons (Fsp3) is 0.444. The highest BCUT2D eigenvalue weighted by Gasteiger charge is 2.48. The molecular weight excluding hydrogens is 370 g/mol. The summed E-state index contributed by atoms with van der Waals surface area (Å²) < 4.78 is 4.83. The van der Waals surface area contributed by atoms with Crippen molar-refractivity contribution in [2.24, 2.45) is 11.8 Å². The number of esters is 1. The predicted molar refractivity (Wildman–Crippen MR) is 94.9 cm³/mol. The highest BCUT2D eigenvalue weighted by atomic mass is 16.6. The van der Waals surface area contributed by atoms with E-state index in [1.54, 1.807) is 0 Å². The number of hydrogen-bond donors (Lipinski definition) is 1. The lowest BCUT2D eigenvalue weighted by atomic mass is 9.81. The molecule has 1 aromatic rings. The largest absolute Gasteiger partial charge is 0.454 e. The topological polar surface area (TPSA) is 136 Å². The molecule has 1 N–H and O–H groups in total. The molecule has 1 heterocycles. The molecule has 0 spiro atoms. The highest BCUT2D eigenvalue weighted by Crippen LogP contribution is 2.37. The summed E-state index contributed by atoms with van der Waals surface area (Å²) in [5.74, 6) is -2.98. The van der Waals surface area contributed by atoms with E-state index < -0.39 is 30.0 Å². The third kappa shape index (κ3) is 4.16. The maximum Gasteiger partial charge on any atom is 0.326 e. The molecule has 2 atom stereocenters. The smallest absolute Gasteiger partial charge is 0.326 e. The summed E-state index contributed by atoms with van der Waals surface area (Å²) in [6.45, 7) is -1.15. The summed E-state index contributed by atoms with van der Waals surface area (Å²) in [7, 11) is 0. The molecule has 148 valence electrons. The number of ether oxygens (including phenoxy) is 1. The SMILES string of the molecule is O=C(COC(=O)CN1C(=O)[C@H]2CCCC[C@H]2C1=O)Nc1cccc([N+](=O)[O-])c1. The lowest BCUT2D eigenvalue weighted by molar-refractivity contribution is -0.384. The van der Waals surface area contributed by atoms with E-state index in [4.69, 9.17) is 4.74 Å². The van der Waals surface area contributed by atoms with Gasteiger partial charge in [0.1, 0.15) is 6.54 Å². The number of imide groups is 1. The molecule has 1 aromatic carbocycles. The predicted octanol–water partition coefficient (Wildman–Crippen LogP) is 1.25. The fourth-order valence-electron chi connectivity index (χ4n) is 3.60. The summed E-state index contributed by atoms with van der Waals surface area (Å²) in [5, 5.41) is 13.1. The normalized spacial score (nSPS) is 21.2. The first-order valence-electron chi connectivity index (χ1n) is 8.92. The van der Waals surface area contributed by atoms with Crippen molar-refractivity contribution in [2.45, 2.75) is 25.7 Å². The van der Waals surface area contributed by atoms with Crippen molar-refractivity contribution in [1.29, 1.82) is 0 Å². The van der Waals surface area contributed by atoms with Crippen LogP contribution in [0.3, 0.4) is 0 Å². The highest BCUT2D eigenvalue weighted by molar-refractivity contribution is 6.07. The minimum Gasteiger partial charge on any atom is -0.454 e. The molecule has 0 radical (unpaired) electrons. The van der Waals surface area contributed by atoms with E-state index in [0.717, 1.165) is 17.7 Å². The zero-order valence-corrected chi connectivity index (χ0v) is 15.0. The molecular formula is C18H19N3O7. The fourth-order valence-corrected chi connectivity index (χ4v) is 3.60. The van der Waals surface area contributed by atoms with Crippen LogP contribution >= 0.6 is 0 Å². The van der Waals surface area contributed by atoms with Gasteiger partial charge in [0.25, 0.3) is 11.6 Å². The molecule has 0 bridgehead atoms. The number of anilines is 1. The Morgan fingerprint density at radius 3 is 2.43 bits per heavy atom. The molecule has 1 saturated heterocycles. The number of hydrogen-bond acceptors (Lipinski definition) is 7. The van der Waals surface area contributed by atoms with Gasteiger partial charge < -0.3 is 10.1 Å². The van der Waals surface area contributed by atoms with Gasteiger partial charge >= 0.3 is 5.97 Å². The van der Waals surface area contributed by atoms with Gasteiger partial charge in [0.05, 0.1) is 16.8 Å². The van der Waals surface area contributed by atoms with E-state index in [9.17, 15) is 29.3 Å². The second-order valence-electron chi connectivity index (χ2n) is 6.78. The van der Waals surface area contributed by atoms with Gasteiger partial charge in [0.15, 0.2) is 6.61 Å². The molecule has 3 amide bonds. The van der Waals surface area contributed by atoms with Gasteiger partial charge in [-0.05, 0) is 18.9 Å². The van der Waals surface area contributed by atoms with Crippen LogP contribution in [0.1, 0.15) is 25.7 Å². The maximum absolute atomic E-state index is 12.3. The Bertz CT molecular complexity index is 814. The number of nitrogens with one attached hydrogen (secondary N) is 1. The number of carbonyl (C=O) groups is 4. The minimum absolute atomic E-state index is 0.184. The summed E-state index contributed by atoms with van der Waals surface area (Å²) in [5.41, 5.74) is -0.00783. The quantitative estimate of drug-likeness (QED) is 0.335. The van der Waals surface area contributed by atoms with Crippen LogP contribution in [-0.4, -0.2) is 46.7 Å². The number of nitrogens with zero attached hydrogens (tertiary/aromatic N) is 2. The number of likely N-dealkylation sites (tertiary alicyclic amines) is 1. The summed E-state index contributed by atoms with van der Waals surface area (Å²) in [4.78, 5) is 59.5.